The van der Waals surface area contributed by atoms with Gasteiger partial charge in [-0.1, -0.05) is 37.3 Å². The molecule has 0 saturated carbocycles. The van der Waals surface area contributed by atoms with Crippen LogP contribution in [0.5, 0.6) is 0 Å². The highest BCUT2D eigenvalue weighted by molar-refractivity contribution is 7.91. The minimum absolute atomic E-state index is 0.0293. The van der Waals surface area contributed by atoms with E-state index in [0.717, 1.165) is 34.8 Å². The third-order valence-electron chi connectivity index (χ3n) is 4.88. The van der Waals surface area contributed by atoms with Crippen LogP contribution in [0.1, 0.15) is 35.1 Å². The first-order chi connectivity index (χ1) is 13.3. The van der Waals surface area contributed by atoms with Crippen LogP contribution >= 0.6 is 0 Å². The fraction of sp³-hybridized carbons (Fsp3) is 0.400. The van der Waals surface area contributed by atoms with Crippen molar-refractivity contribution < 1.29 is 8.42 Å². The van der Waals surface area contributed by atoms with Crippen molar-refractivity contribution in [2.45, 2.75) is 45.6 Å². The summed E-state index contributed by atoms with van der Waals surface area (Å²) in [5.41, 5.74) is 5.11. The van der Waals surface area contributed by atoms with Gasteiger partial charge >= 0.3 is 0 Å². The molecule has 0 saturated heterocycles. The Balaban J connectivity index is 1.90. The van der Waals surface area contributed by atoms with Crippen molar-refractivity contribution in [3.63, 3.8) is 0 Å². The van der Waals surface area contributed by atoms with Gasteiger partial charge in [0.2, 0.25) is 15.0 Å². The van der Waals surface area contributed by atoms with Gasteiger partial charge in [-0.3, -0.25) is 10.00 Å². The second-order valence-corrected chi connectivity index (χ2v) is 9.26. The van der Waals surface area contributed by atoms with Crippen molar-refractivity contribution in [1.29, 1.82) is 0 Å². The summed E-state index contributed by atoms with van der Waals surface area (Å²) in [5, 5.41) is 7.39. The molecular weight excluding hydrogens is 374 g/mol. The lowest BCUT2D eigenvalue weighted by molar-refractivity contribution is 0.307. The zero-order chi connectivity index (χ0) is 20.3. The Morgan fingerprint density at radius 2 is 1.86 bits per heavy atom. The number of aryl methyl sites for hydroxylation is 2. The molecule has 8 heteroatoms. The number of rotatable bonds is 8. The monoisotopic (exact) mass is 401 g/mol. The highest BCUT2D eigenvalue weighted by Gasteiger charge is 2.22. The summed E-state index contributed by atoms with van der Waals surface area (Å²) >= 11 is 0. The molecule has 2 heterocycles. The van der Waals surface area contributed by atoms with Gasteiger partial charge in [-0.05, 0) is 26.5 Å². The van der Waals surface area contributed by atoms with Gasteiger partial charge in [0.05, 0.1) is 29.9 Å². The molecule has 3 aromatic rings. The van der Waals surface area contributed by atoms with Gasteiger partial charge in [-0.25, -0.2) is 13.4 Å². The molecular formula is C20H27N5O2S. The topological polar surface area (TPSA) is 83.9 Å². The maximum absolute atomic E-state index is 12.5. The van der Waals surface area contributed by atoms with E-state index in [1.54, 1.807) is 13.1 Å². The van der Waals surface area contributed by atoms with E-state index in [4.69, 9.17) is 0 Å². The highest BCUT2D eigenvalue weighted by Crippen LogP contribution is 2.19. The molecule has 0 aliphatic heterocycles. The molecule has 0 aliphatic carbocycles. The van der Waals surface area contributed by atoms with Crippen molar-refractivity contribution in [2.24, 2.45) is 0 Å². The lowest BCUT2D eigenvalue weighted by atomic mass is 10.2. The number of sulfone groups is 1. The van der Waals surface area contributed by atoms with Gasteiger partial charge < -0.3 is 4.57 Å². The van der Waals surface area contributed by atoms with Gasteiger partial charge in [-0.15, -0.1) is 0 Å². The second kappa shape index (κ2) is 8.28. The number of hydrogen-bond donors (Lipinski definition) is 1. The number of imidazole rings is 1. The predicted octanol–water partition coefficient (Wildman–Crippen LogP) is 2.70. The molecule has 0 bridgehead atoms. The van der Waals surface area contributed by atoms with Crippen LogP contribution in [0.4, 0.5) is 0 Å². The number of benzene rings is 1. The Morgan fingerprint density at radius 1 is 1.14 bits per heavy atom. The maximum Gasteiger partial charge on any atom is 0.228 e. The lowest BCUT2D eigenvalue weighted by Gasteiger charge is -2.19. The Kier molecular flexibility index (Phi) is 6.00. The van der Waals surface area contributed by atoms with E-state index >= 15 is 0 Å². The van der Waals surface area contributed by atoms with Gasteiger partial charge in [0.1, 0.15) is 0 Å². The summed E-state index contributed by atoms with van der Waals surface area (Å²) < 4.78 is 26.9. The fourth-order valence-corrected chi connectivity index (χ4v) is 4.23. The van der Waals surface area contributed by atoms with E-state index in [2.05, 4.69) is 20.1 Å². The summed E-state index contributed by atoms with van der Waals surface area (Å²) in [7, 11) is -1.40. The lowest BCUT2D eigenvalue weighted by Crippen LogP contribution is -2.22. The average molecular weight is 402 g/mol. The van der Waals surface area contributed by atoms with E-state index in [1.165, 1.54) is 0 Å². The number of H-pyrrole nitrogens is 1. The van der Waals surface area contributed by atoms with Crippen molar-refractivity contribution in [2.75, 3.05) is 12.8 Å². The minimum atomic E-state index is -3.41. The molecule has 7 nitrogen and oxygen atoms in total. The van der Waals surface area contributed by atoms with Crippen LogP contribution in [0, 0.1) is 13.8 Å². The summed E-state index contributed by atoms with van der Waals surface area (Å²) in [6.07, 6.45) is 1.68. The number of aromatic amines is 1. The normalized spacial score (nSPS) is 12.0. The molecule has 1 N–H and O–H groups in total. The zero-order valence-corrected chi connectivity index (χ0v) is 17.6. The van der Waals surface area contributed by atoms with E-state index in [-0.39, 0.29) is 10.9 Å². The third kappa shape index (κ3) is 4.34. The second-order valence-electron chi connectivity index (χ2n) is 7.09. The first-order valence-corrected chi connectivity index (χ1v) is 11.0. The van der Waals surface area contributed by atoms with Crippen molar-refractivity contribution in [3.8, 4) is 0 Å². The van der Waals surface area contributed by atoms with Gasteiger partial charge in [0.25, 0.3) is 0 Å². The molecule has 28 heavy (non-hydrogen) atoms. The molecule has 0 amide bonds. The van der Waals surface area contributed by atoms with Crippen LogP contribution in [0.15, 0.2) is 41.7 Å². The van der Waals surface area contributed by atoms with Gasteiger partial charge in [0, 0.05) is 24.3 Å². The van der Waals surface area contributed by atoms with E-state index < -0.39 is 9.84 Å². The van der Waals surface area contributed by atoms with Crippen LogP contribution in [-0.4, -0.2) is 45.9 Å². The van der Waals surface area contributed by atoms with Crippen LogP contribution in [-0.2, 0) is 29.5 Å². The first kappa shape index (κ1) is 20.3. The maximum atomic E-state index is 12.5. The van der Waals surface area contributed by atoms with Crippen LogP contribution < -0.4 is 0 Å². The summed E-state index contributed by atoms with van der Waals surface area (Å²) in [6, 6.07) is 9.85. The van der Waals surface area contributed by atoms with Crippen molar-refractivity contribution >= 4 is 9.84 Å². The number of aromatic nitrogens is 4. The molecule has 150 valence electrons. The molecule has 0 unspecified atom stereocenters. The minimum Gasteiger partial charge on any atom is -0.313 e. The smallest absolute Gasteiger partial charge is 0.228 e. The molecule has 0 atom stereocenters. The summed E-state index contributed by atoms with van der Waals surface area (Å²) in [6.45, 7) is 7.42. The van der Waals surface area contributed by atoms with Crippen LogP contribution in [0.2, 0.25) is 0 Å². The number of nitrogens with zero attached hydrogens (tertiary/aromatic N) is 4. The van der Waals surface area contributed by atoms with Crippen LogP contribution in [0.25, 0.3) is 0 Å². The molecule has 3 rings (SSSR count). The molecule has 0 spiro atoms. The van der Waals surface area contributed by atoms with E-state index in [1.807, 2.05) is 55.8 Å². The van der Waals surface area contributed by atoms with E-state index in [9.17, 15) is 8.42 Å². The average Bonchev–Trinajstić information content (AvgIpc) is 3.21. The Hall–Kier alpha value is -2.45. The number of nitrogens with one attached hydrogen (secondary N) is 1. The largest absolute Gasteiger partial charge is 0.313 e. The molecule has 1 aromatic carbocycles. The first-order valence-electron chi connectivity index (χ1n) is 9.32. The summed E-state index contributed by atoms with van der Waals surface area (Å²) in [4.78, 5) is 6.41. The zero-order valence-electron chi connectivity index (χ0n) is 16.8. The fourth-order valence-electron chi connectivity index (χ4n) is 3.24. The highest BCUT2D eigenvalue weighted by atomic mass is 32.2. The van der Waals surface area contributed by atoms with Gasteiger partial charge in [0.15, 0.2) is 0 Å². The van der Waals surface area contributed by atoms with Crippen LogP contribution in [0.3, 0.4) is 0 Å². The Morgan fingerprint density at radius 3 is 2.46 bits per heavy atom. The van der Waals surface area contributed by atoms with Gasteiger partial charge in [-0.2, -0.15) is 5.10 Å². The standard InChI is InChI=1S/C20H27N5O2S/c1-5-28(26,27)20-21-11-18(25(20)12-17-9-7-6-8-10-17)13-24(4)14-19-15(2)22-23-16(19)3/h6-11H,5,12-14H2,1-4H3,(H,22,23). The SMILES string of the molecule is CCS(=O)(=O)c1ncc(CN(C)Cc2c(C)n[nH]c2C)n1Cc1ccccc1. The molecule has 2 aromatic heterocycles. The predicted molar refractivity (Wildman–Crippen MR) is 109 cm³/mol. The van der Waals surface area contributed by atoms with E-state index in [0.29, 0.717) is 13.1 Å². The number of hydrogen-bond acceptors (Lipinski definition) is 5. The molecule has 0 aliphatic rings. The summed E-state index contributed by atoms with van der Waals surface area (Å²) in [5.74, 6) is 0.0293. The molecule has 0 radical (unpaired) electrons. The quantitative estimate of drug-likeness (QED) is 0.627. The Labute approximate surface area is 166 Å². The Bertz CT molecular complexity index is 1020. The van der Waals surface area contributed by atoms with Crippen molar-refractivity contribution in [3.05, 3.63) is 64.7 Å². The molecule has 0 fully saturated rings. The van der Waals surface area contributed by atoms with Crippen molar-refractivity contribution in [1.82, 2.24) is 24.6 Å². The third-order valence-corrected chi connectivity index (χ3v) is 6.53.